The summed E-state index contributed by atoms with van der Waals surface area (Å²) in [6.45, 7) is 12.1. The number of rotatable bonds is 21. The van der Waals surface area contributed by atoms with Crippen LogP contribution in [0.1, 0.15) is 119 Å². The number of carbonyl (C=O) groups excluding carboxylic acids is 4. The minimum Gasteiger partial charge on any atom is -0.481 e. The second kappa shape index (κ2) is 22.0. The van der Waals surface area contributed by atoms with Crippen molar-refractivity contribution >= 4 is 40.9 Å². The second-order valence-corrected chi connectivity index (χ2v) is 17.2. The minimum atomic E-state index is -1.00. The van der Waals surface area contributed by atoms with Gasteiger partial charge in [-0.25, -0.2) is 9.37 Å². The van der Waals surface area contributed by atoms with Crippen LogP contribution in [0.5, 0.6) is 0 Å². The Kier molecular flexibility index (Phi) is 17.6. The third kappa shape index (κ3) is 13.3. The summed E-state index contributed by atoms with van der Waals surface area (Å²) in [7, 11) is 1.98. The maximum Gasteiger partial charge on any atom is 0.306 e. The fourth-order valence-electron chi connectivity index (χ4n) is 7.81. The highest BCUT2D eigenvalue weighted by Crippen LogP contribution is 2.34. The molecule has 0 spiro atoms. The number of carbonyl (C=O) groups is 5. The van der Waals surface area contributed by atoms with Crippen LogP contribution in [-0.2, 0) is 36.9 Å². The van der Waals surface area contributed by atoms with Crippen LogP contribution >= 0.6 is 11.3 Å². The van der Waals surface area contributed by atoms with Crippen molar-refractivity contribution in [2.75, 3.05) is 13.6 Å². The molecule has 1 aliphatic heterocycles. The van der Waals surface area contributed by atoms with E-state index >= 15 is 4.79 Å². The van der Waals surface area contributed by atoms with Crippen molar-refractivity contribution in [3.05, 3.63) is 87.6 Å². The molecule has 4 rings (SSSR count). The zero-order valence-corrected chi connectivity index (χ0v) is 35.8. The van der Waals surface area contributed by atoms with Crippen molar-refractivity contribution < 1.29 is 38.2 Å². The number of esters is 1. The number of hydrogen-bond donors (Lipinski definition) is 2. The van der Waals surface area contributed by atoms with Gasteiger partial charge >= 0.3 is 11.9 Å². The van der Waals surface area contributed by atoms with Gasteiger partial charge in [0.2, 0.25) is 5.91 Å². The number of halogens is 1. The summed E-state index contributed by atoms with van der Waals surface area (Å²) in [4.78, 5) is 75.5. The number of likely N-dealkylation sites (N-methyl/N-ethyl adjacent to an activating group) is 1. The van der Waals surface area contributed by atoms with Gasteiger partial charge in [0.15, 0.2) is 11.9 Å². The Morgan fingerprint density at radius 2 is 1.69 bits per heavy atom. The lowest BCUT2D eigenvalue weighted by atomic mass is 9.82. The molecule has 11 nitrogen and oxygen atoms in total. The molecule has 1 saturated heterocycles. The van der Waals surface area contributed by atoms with Gasteiger partial charge in [-0.05, 0) is 74.4 Å². The van der Waals surface area contributed by atoms with Crippen LogP contribution in [0.2, 0.25) is 0 Å². The van der Waals surface area contributed by atoms with Crippen molar-refractivity contribution in [3.63, 3.8) is 0 Å². The number of aromatic nitrogens is 1. The summed E-state index contributed by atoms with van der Waals surface area (Å²) in [6.07, 6.45) is 3.38. The van der Waals surface area contributed by atoms with Crippen molar-refractivity contribution in [1.29, 1.82) is 0 Å². The maximum absolute atomic E-state index is 15.0. The van der Waals surface area contributed by atoms with Crippen LogP contribution < -0.4 is 5.32 Å². The van der Waals surface area contributed by atoms with E-state index in [1.165, 1.54) is 19.1 Å². The Labute approximate surface area is 346 Å². The highest BCUT2D eigenvalue weighted by Gasteiger charge is 2.39. The molecule has 7 atom stereocenters. The molecule has 3 aromatic rings. The lowest BCUT2D eigenvalue weighted by Crippen LogP contribution is -2.49. The quantitative estimate of drug-likeness (QED) is 0.103. The van der Waals surface area contributed by atoms with E-state index in [1.807, 2.05) is 70.0 Å². The molecule has 1 aliphatic rings. The molecule has 2 amide bonds. The number of amides is 2. The van der Waals surface area contributed by atoms with Gasteiger partial charge in [-0.15, -0.1) is 11.3 Å². The summed E-state index contributed by atoms with van der Waals surface area (Å²) in [5, 5.41) is 14.5. The second-order valence-electron chi connectivity index (χ2n) is 16.3. The van der Waals surface area contributed by atoms with Gasteiger partial charge in [0, 0.05) is 49.7 Å². The van der Waals surface area contributed by atoms with Gasteiger partial charge in [-0.3, -0.25) is 28.9 Å². The molecule has 2 heterocycles. The molecule has 1 aromatic heterocycles. The van der Waals surface area contributed by atoms with Crippen molar-refractivity contribution in [2.24, 2.45) is 23.7 Å². The van der Waals surface area contributed by atoms with E-state index in [0.29, 0.717) is 5.01 Å². The first-order chi connectivity index (χ1) is 27.6. The average Bonchev–Trinajstić information content (AvgIpc) is 3.69. The molecule has 2 aromatic carbocycles. The number of hydrogen-bond acceptors (Lipinski definition) is 9. The van der Waals surface area contributed by atoms with Crippen molar-refractivity contribution in [3.8, 4) is 0 Å². The third-order valence-electron chi connectivity index (χ3n) is 11.4. The maximum atomic E-state index is 15.0. The highest BCUT2D eigenvalue weighted by molar-refractivity contribution is 7.09. The van der Waals surface area contributed by atoms with E-state index < -0.39 is 53.7 Å². The van der Waals surface area contributed by atoms with Crippen LogP contribution in [-0.4, -0.2) is 81.1 Å². The minimum absolute atomic E-state index is 0.0638. The number of benzene rings is 2. The van der Waals surface area contributed by atoms with Gasteiger partial charge in [0.05, 0.1) is 12.0 Å². The van der Waals surface area contributed by atoms with Crippen LogP contribution in [0.25, 0.3) is 0 Å². The lowest BCUT2D eigenvalue weighted by Gasteiger charge is -2.40. The van der Waals surface area contributed by atoms with E-state index in [1.54, 1.807) is 24.4 Å². The summed E-state index contributed by atoms with van der Waals surface area (Å²) >= 11 is 1.16. The largest absolute Gasteiger partial charge is 0.481 e. The number of nitrogens with one attached hydrogen (secondary N) is 1. The Morgan fingerprint density at radius 1 is 1.00 bits per heavy atom. The molecule has 2 N–H and O–H groups in total. The van der Waals surface area contributed by atoms with Gasteiger partial charge in [-0.2, -0.15) is 0 Å². The first kappa shape index (κ1) is 46.2. The van der Waals surface area contributed by atoms with E-state index in [-0.39, 0.29) is 67.5 Å². The molecular formula is C45H61FN4O7S. The third-order valence-corrected chi connectivity index (χ3v) is 12.4. The zero-order chi connectivity index (χ0) is 42.5. The normalized spacial score (nSPS) is 17.7. The number of likely N-dealkylation sites (tertiary alicyclic amines) is 1. The van der Waals surface area contributed by atoms with E-state index in [9.17, 15) is 28.7 Å². The number of ketones is 1. The summed E-state index contributed by atoms with van der Waals surface area (Å²) in [6, 6.07) is 14.3. The number of carboxylic acid groups (broad SMARTS) is 1. The van der Waals surface area contributed by atoms with Crippen molar-refractivity contribution in [1.82, 2.24) is 20.1 Å². The van der Waals surface area contributed by atoms with E-state index in [4.69, 9.17) is 4.74 Å². The number of piperidine rings is 1. The number of ether oxygens (including phenoxy) is 1. The predicted octanol–water partition coefficient (Wildman–Crippen LogP) is 7.89. The fraction of sp³-hybridized carbons (Fsp3) is 0.556. The molecule has 13 heteroatoms. The number of carboxylic acids is 1. The topological polar surface area (TPSA) is 146 Å². The van der Waals surface area contributed by atoms with Gasteiger partial charge in [-0.1, -0.05) is 89.9 Å². The van der Waals surface area contributed by atoms with Gasteiger partial charge in [0.25, 0.3) is 5.91 Å². The first-order valence-corrected chi connectivity index (χ1v) is 21.4. The van der Waals surface area contributed by atoms with Crippen LogP contribution in [0.3, 0.4) is 0 Å². The van der Waals surface area contributed by atoms with Crippen LogP contribution in [0.15, 0.2) is 60.0 Å². The van der Waals surface area contributed by atoms with Gasteiger partial charge < -0.3 is 20.1 Å². The number of thiazole rings is 1. The molecule has 58 heavy (non-hydrogen) atoms. The molecule has 0 saturated carbocycles. The zero-order valence-electron chi connectivity index (χ0n) is 35.0. The summed E-state index contributed by atoms with van der Waals surface area (Å²) < 4.78 is 19.5. The average molecular weight is 821 g/mol. The summed E-state index contributed by atoms with van der Waals surface area (Å²) in [5.41, 5.74) is 1.73. The molecule has 0 aliphatic carbocycles. The fourth-order valence-corrected chi connectivity index (χ4v) is 8.65. The smallest absolute Gasteiger partial charge is 0.306 e. The lowest BCUT2D eigenvalue weighted by molar-refractivity contribution is -0.150. The van der Waals surface area contributed by atoms with Gasteiger partial charge in [0.1, 0.15) is 16.5 Å². The molecule has 1 fully saturated rings. The summed E-state index contributed by atoms with van der Waals surface area (Å²) in [5.74, 6) is -3.98. The standard InChI is InChI=1S/C45H61FN4O7S/c1-8-29(4)36(24-40(52)38-16-12-13-21-49(38)7)44(54)50(26-33-14-10-9-11-15-33)39(28(2)3)25-41(57-31(6)51)43-48-37(27-58-43)42(53)47-35(22-30(5)45(55)56)23-32-17-19-34(46)20-18-32/h9-11,14-15,17-20,27-30,35-36,38-39,41H,8,12-13,16,21-26H2,1-7H3,(H,47,53)(H,55,56). The molecule has 316 valence electrons. The molecular weight excluding hydrogens is 760 g/mol. The predicted molar refractivity (Wildman–Crippen MR) is 222 cm³/mol. The van der Waals surface area contributed by atoms with Crippen LogP contribution in [0, 0.1) is 29.5 Å². The Bertz CT molecular complexity index is 1820. The SMILES string of the molecule is CCC(C)C(CC(=O)C1CCCCN1C)C(=O)N(Cc1ccccc1)C(CC(OC(C)=O)c1nc(C(=O)NC(Cc2ccc(F)cc2)CC(C)C(=O)O)cs1)C(C)C. The van der Waals surface area contributed by atoms with Crippen molar-refractivity contribution in [2.45, 2.75) is 124 Å². The number of nitrogens with zero attached hydrogens (tertiary/aromatic N) is 3. The van der Waals surface area contributed by atoms with Crippen LogP contribution in [0.4, 0.5) is 4.39 Å². The highest BCUT2D eigenvalue weighted by atomic mass is 32.1. The molecule has 0 bridgehead atoms. The Morgan fingerprint density at radius 3 is 2.29 bits per heavy atom. The van der Waals surface area contributed by atoms with E-state index in [0.717, 1.165) is 54.7 Å². The number of aliphatic carboxylic acids is 1. The molecule has 0 radical (unpaired) electrons. The van der Waals surface area contributed by atoms with E-state index in [2.05, 4.69) is 15.2 Å². The monoisotopic (exact) mass is 820 g/mol. The Balaban J connectivity index is 1.64. The number of Topliss-reactive ketones (excluding diaryl/α,β-unsaturated/α-hetero) is 1. The Hall–Kier alpha value is -4.49. The molecule has 7 unspecified atom stereocenters. The first-order valence-electron chi connectivity index (χ1n) is 20.6.